The number of ether oxygens (including phenoxy) is 1. The summed E-state index contributed by atoms with van der Waals surface area (Å²) in [5.41, 5.74) is 6.84. The first-order valence-electron chi connectivity index (χ1n) is 6.10. The Balaban J connectivity index is 2.54. The van der Waals surface area contributed by atoms with Gasteiger partial charge in [0.25, 0.3) is 0 Å². The van der Waals surface area contributed by atoms with Gasteiger partial charge in [0.15, 0.2) is 0 Å². The molecule has 0 spiro atoms. The summed E-state index contributed by atoms with van der Waals surface area (Å²) in [4.78, 5) is 8.23. The maximum absolute atomic E-state index is 5.84. The molecule has 0 bridgehead atoms. The molecule has 0 saturated heterocycles. The van der Waals surface area contributed by atoms with Gasteiger partial charge in [0.1, 0.15) is 18.0 Å². The molecule has 1 aromatic heterocycles. The van der Waals surface area contributed by atoms with Crippen LogP contribution in [0.2, 0.25) is 0 Å². The van der Waals surface area contributed by atoms with E-state index in [9.17, 15) is 0 Å². The molecule has 0 amide bonds. The predicted octanol–water partition coefficient (Wildman–Crippen LogP) is 1.85. The zero-order valence-electron chi connectivity index (χ0n) is 10.9. The minimum Gasteiger partial charge on any atom is -0.383 e. The fraction of sp³-hybridized carbons (Fsp3) is 0.667. The van der Waals surface area contributed by atoms with Gasteiger partial charge in [0, 0.05) is 12.1 Å². The summed E-state index contributed by atoms with van der Waals surface area (Å²) in [5.74, 6) is 1.39. The Morgan fingerprint density at radius 2 is 2.18 bits per heavy atom. The van der Waals surface area contributed by atoms with Crippen LogP contribution in [0.4, 0.5) is 11.6 Å². The topological polar surface area (TPSA) is 73.1 Å². The van der Waals surface area contributed by atoms with Crippen LogP contribution in [0.3, 0.4) is 0 Å². The fourth-order valence-electron chi connectivity index (χ4n) is 1.54. The first-order valence-corrected chi connectivity index (χ1v) is 6.10. The number of rotatable bonds is 7. The van der Waals surface area contributed by atoms with Crippen LogP contribution in [-0.2, 0) is 11.2 Å². The molecular formula is C12H22N4O. The van der Waals surface area contributed by atoms with Crippen LogP contribution in [-0.4, -0.2) is 29.2 Å². The van der Waals surface area contributed by atoms with Crippen molar-refractivity contribution in [3.8, 4) is 0 Å². The molecule has 0 radical (unpaired) electrons. The second-order valence-electron chi connectivity index (χ2n) is 4.18. The van der Waals surface area contributed by atoms with E-state index in [-0.39, 0.29) is 6.10 Å². The number of hydrogen-bond donors (Lipinski definition) is 2. The summed E-state index contributed by atoms with van der Waals surface area (Å²) in [7, 11) is 0. The lowest BCUT2D eigenvalue weighted by molar-refractivity contribution is 0.0870. The van der Waals surface area contributed by atoms with E-state index in [1.165, 1.54) is 6.33 Å². The van der Waals surface area contributed by atoms with Crippen LogP contribution in [0, 0.1) is 0 Å². The fourth-order valence-corrected chi connectivity index (χ4v) is 1.54. The van der Waals surface area contributed by atoms with Gasteiger partial charge in [-0.05, 0) is 20.3 Å². The van der Waals surface area contributed by atoms with E-state index in [1.807, 2.05) is 13.8 Å². The Hall–Kier alpha value is -1.36. The summed E-state index contributed by atoms with van der Waals surface area (Å²) in [6.07, 6.45) is 3.65. The minimum atomic E-state index is 0.252. The van der Waals surface area contributed by atoms with Gasteiger partial charge in [-0.25, -0.2) is 9.97 Å². The minimum absolute atomic E-state index is 0.252. The molecule has 1 rings (SSSR count). The third kappa shape index (κ3) is 4.56. The SMILES string of the molecule is CCCc1c(N)ncnc1NCCOC(C)C. The van der Waals surface area contributed by atoms with Crippen LogP contribution in [0.1, 0.15) is 32.8 Å². The molecule has 0 aliphatic heterocycles. The number of nitrogens with one attached hydrogen (secondary N) is 1. The van der Waals surface area contributed by atoms with E-state index >= 15 is 0 Å². The molecule has 0 unspecified atom stereocenters. The van der Waals surface area contributed by atoms with Gasteiger partial charge < -0.3 is 15.8 Å². The van der Waals surface area contributed by atoms with Crippen molar-refractivity contribution in [1.29, 1.82) is 0 Å². The van der Waals surface area contributed by atoms with Crippen molar-refractivity contribution in [3.05, 3.63) is 11.9 Å². The van der Waals surface area contributed by atoms with Gasteiger partial charge in [0.2, 0.25) is 0 Å². The molecular weight excluding hydrogens is 216 g/mol. The van der Waals surface area contributed by atoms with Crippen molar-refractivity contribution in [3.63, 3.8) is 0 Å². The number of anilines is 2. The van der Waals surface area contributed by atoms with E-state index in [4.69, 9.17) is 10.5 Å². The third-order valence-electron chi connectivity index (χ3n) is 2.32. The van der Waals surface area contributed by atoms with E-state index in [0.717, 1.165) is 30.8 Å². The van der Waals surface area contributed by atoms with Crippen LogP contribution in [0.25, 0.3) is 0 Å². The average Bonchev–Trinajstić information content (AvgIpc) is 2.28. The maximum atomic E-state index is 5.84. The van der Waals surface area contributed by atoms with Crippen molar-refractivity contribution < 1.29 is 4.74 Å². The van der Waals surface area contributed by atoms with Gasteiger partial charge in [0.05, 0.1) is 12.7 Å². The van der Waals surface area contributed by atoms with Crippen molar-refractivity contribution >= 4 is 11.6 Å². The molecule has 5 heteroatoms. The van der Waals surface area contributed by atoms with Gasteiger partial charge in [-0.15, -0.1) is 0 Å². The lowest BCUT2D eigenvalue weighted by Crippen LogP contribution is -2.15. The molecule has 3 N–H and O–H groups in total. The lowest BCUT2D eigenvalue weighted by Gasteiger charge is -2.12. The number of nitrogen functional groups attached to an aromatic ring is 1. The highest BCUT2D eigenvalue weighted by atomic mass is 16.5. The van der Waals surface area contributed by atoms with Gasteiger partial charge in [-0.3, -0.25) is 0 Å². The molecule has 0 saturated carbocycles. The zero-order chi connectivity index (χ0) is 12.7. The monoisotopic (exact) mass is 238 g/mol. The van der Waals surface area contributed by atoms with Crippen LogP contribution < -0.4 is 11.1 Å². The van der Waals surface area contributed by atoms with Crippen LogP contribution >= 0.6 is 0 Å². The quantitative estimate of drug-likeness (QED) is 0.709. The zero-order valence-corrected chi connectivity index (χ0v) is 10.9. The van der Waals surface area contributed by atoms with Gasteiger partial charge >= 0.3 is 0 Å². The normalized spacial score (nSPS) is 10.8. The van der Waals surface area contributed by atoms with Crippen molar-refractivity contribution in [2.75, 3.05) is 24.2 Å². The van der Waals surface area contributed by atoms with Crippen molar-refractivity contribution in [2.45, 2.75) is 39.7 Å². The molecule has 0 fully saturated rings. The predicted molar refractivity (Wildman–Crippen MR) is 70.0 cm³/mol. The molecule has 0 aliphatic carbocycles. The van der Waals surface area contributed by atoms with Crippen LogP contribution in [0.15, 0.2) is 6.33 Å². The summed E-state index contributed by atoms with van der Waals surface area (Å²) >= 11 is 0. The Kier molecular flexibility index (Phi) is 5.69. The summed E-state index contributed by atoms with van der Waals surface area (Å²) in [6.45, 7) is 7.53. The molecule has 17 heavy (non-hydrogen) atoms. The first kappa shape index (κ1) is 13.7. The Labute approximate surface area is 103 Å². The van der Waals surface area contributed by atoms with E-state index in [2.05, 4.69) is 22.2 Å². The van der Waals surface area contributed by atoms with Crippen molar-refractivity contribution in [2.24, 2.45) is 0 Å². The lowest BCUT2D eigenvalue weighted by atomic mass is 10.1. The molecule has 0 aromatic carbocycles. The number of nitrogens with zero attached hydrogens (tertiary/aromatic N) is 2. The second kappa shape index (κ2) is 7.06. The smallest absolute Gasteiger partial charge is 0.134 e. The first-order chi connectivity index (χ1) is 8.15. The summed E-state index contributed by atoms with van der Waals surface area (Å²) < 4.78 is 5.46. The summed E-state index contributed by atoms with van der Waals surface area (Å²) in [6, 6.07) is 0. The molecule has 0 atom stereocenters. The van der Waals surface area contributed by atoms with E-state index in [0.29, 0.717) is 12.4 Å². The third-order valence-corrected chi connectivity index (χ3v) is 2.32. The molecule has 96 valence electrons. The Bertz CT molecular complexity index is 341. The molecule has 1 aromatic rings. The van der Waals surface area contributed by atoms with Crippen LogP contribution in [0.5, 0.6) is 0 Å². The highest BCUT2D eigenvalue weighted by Crippen LogP contribution is 2.18. The summed E-state index contributed by atoms with van der Waals surface area (Å²) in [5, 5.41) is 3.24. The van der Waals surface area contributed by atoms with E-state index in [1.54, 1.807) is 0 Å². The maximum Gasteiger partial charge on any atom is 0.134 e. The van der Waals surface area contributed by atoms with Gasteiger partial charge in [-0.2, -0.15) is 0 Å². The number of nitrogens with two attached hydrogens (primary N) is 1. The highest BCUT2D eigenvalue weighted by molar-refractivity contribution is 5.54. The number of hydrogen-bond acceptors (Lipinski definition) is 5. The molecule has 5 nitrogen and oxygen atoms in total. The molecule has 0 aliphatic rings. The highest BCUT2D eigenvalue weighted by Gasteiger charge is 2.07. The van der Waals surface area contributed by atoms with E-state index < -0.39 is 0 Å². The Morgan fingerprint density at radius 1 is 1.41 bits per heavy atom. The Morgan fingerprint density at radius 3 is 2.82 bits per heavy atom. The van der Waals surface area contributed by atoms with Gasteiger partial charge in [-0.1, -0.05) is 13.3 Å². The average molecular weight is 238 g/mol. The molecule has 1 heterocycles. The largest absolute Gasteiger partial charge is 0.383 e. The number of aromatic nitrogens is 2. The second-order valence-corrected chi connectivity index (χ2v) is 4.18. The van der Waals surface area contributed by atoms with Crippen molar-refractivity contribution in [1.82, 2.24) is 9.97 Å². The standard InChI is InChI=1S/C12H22N4O/c1-4-5-10-11(13)15-8-16-12(10)14-6-7-17-9(2)3/h8-9H,4-7H2,1-3H3,(H3,13,14,15,16).